The van der Waals surface area contributed by atoms with E-state index >= 15 is 0 Å². The highest BCUT2D eigenvalue weighted by molar-refractivity contribution is 6.03. The number of carbonyl (C=O) groups is 6. The Hall–Kier alpha value is -6.87. The summed E-state index contributed by atoms with van der Waals surface area (Å²) in [5, 5.41) is 62.8. The highest BCUT2D eigenvalue weighted by Crippen LogP contribution is 2.48. The van der Waals surface area contributed by atoms with Crippen LogP contribution in [0.5, 0.6) is 0 Å². The monoisotopic (exact) mass is 964 g/mol. The third-order valence-corrected chi connectivity index (χ3v) is 14.0. The Balaban J connectivity index is 1.35. The van der Waals surface area contributed by atoms with Gasteiger partial charge in [0.15, 0.2) is 0 Å². The summed E-state index contributed by atoms with van der Waals surface area (Å²) < 4.78 is 17.0. The number of likely N-dealkylation sites (tertiary alicyclic amines) is 3. The molecule has 0 aromatic heterocycles. The second-order valence-electron chi connectivity index (χ2n) is 21.6. The number of carboxylic acids is 3. The van der Waals surface area contributed by atoms with E-state index in [0.717, 1.165) is 38.5 Å². The molecule has 3 heterocycles. The van der Waals surface area contributed by atoms with Gasteiger partial charge in [0, 0.05) is 56.4 Å². The van der Waals surface area contributed by atoms with Crippen LogP contribution in [-0.2, 0) is 43.0 Å². The first-order valence-corrected chi connectivity index (χ1v) is 24.1. The maximum Gasteiger partial charge on any atom is 0.349 e. The number of hydrogen-bond acceptors (Lipinski definition) is 15. The SMILES string of the molecule is CC1(C)CC(N2CCCC2)=C(C(=O)O)/C(=C(\C#N)C(=O)OCC(COC(=O)/C(C#N)=C2\CC(C)(C)CC(N3CCCC3)=C2C(=O)O)COC(=O)/C(C#N)=C2\CC(C)(C)CC(N3CCCC3)=C2C(=O)O)C1. The molecule has 3 saturated heterocycles. The summed E-state index contributed by atoms with van der Waals surface area (Å²) in [5.41, 5.74) is -2.18. The van der Waals surface area contributed by atoms with E-state index in [9.17, 15) is 59.9 Å². The van der Waals surface area contributed by atoms with E-state index < -0.39 is 94.5 Å². The van der Waals surface area contributed by atoms with Crippen LogP contribution in [0.4, 0.5) is 0 Å². The number of nitrogens with zero attached hydrogens (tertiary/aromatic N) is 6. The Labute approximate surface area is 408 Å². The second kappa shape index (κ2) is 21.4. The highest BCUT2D eigenvalue weighted by Gasteiger charge is 2.43. The Bertz CT molecular complexity index is 2260. The summed E-state index contributed by atoms with van der Waals surface area (Å²) in [6.45, 7) is 13.1. The molecule has 3 N–H and O–H groups in total. The maximum atomic E-state index is 14.0. The smallest absolute Gasteiger partial charge is 0.349 e. The molecule has 0 spiro atoms. The van der Waals surface area contributed by atoms with Crippen molar-refractivity contribution in [1.29, 1.82) is 15.8 Å². The molecule has 0 atom stereocenters. The molecule has 70 heavy (non-hydrogen) atoms. The molecular formula is C52H64N6O12. The van der Waals surface area contributed by atoms with Crippen LogP contribution in [0.25, 0.3) is 0 Å². The first kappa shape index (κ1) is 52.5. The normalized spacial score (nSPS) is 23.1. The van der Waals surface area contributed by atoms with Crippen LogP contribution in [0.3, 0.4) is 0 Å². The lowest BCUT2D eigenvalue weighted by Gasteiger charge is -2.38. The van der Waals surface area contributed by atoms with Crippen molar-refractivity contribution in [1.82, 2.24) is 14.7 Å². The van der Waals surface area contributed by atoms with E-state index in [4.69, 9.17) is 14.2 Å². The van der Waals surface area contributed by atoms with Gasteiger partial charge in [0.25, 0.3) is 0 Å². The van der Waals surface area contributed by atoms with Gasteiger partial charge in [0.1, 0.15) is 54.7 Å². The van der Waals surface area contributed by atoms with E-state index in [1.807, 2.05) is 74.4 Å². The third-order valence-electron chi connectivity index (χ3n) is 14.0. The minimum atomic E-state index is -1.31. The fraction of sp³-hybridized carbons (Fsp3) is 0.596. The molecule has 0 radical (unpaired) electrons. The van der Waals surface area contributed by atoms with Crippen molar-refractivity contribution in [2.24, 2.45) is 22.2 Å². The van der Waals surface area contributed by atoms with E-state index in [1.54, 1.807) is 0 Å². The van der Waals surface area contributed by atoms with E-state index in [-0.39, 0.29) is 52.7 Å². The molecule has 3 fully saturated rings. The standard InChI is InChI=1S/C52H64N6O12/c1-50(2)19-32(41(44(59)60)38(22-50)56-13-7-8-14-56)35(25-53)47(65)68-28-31(29-69-48(66)36(26-54)33-20-51(3,4)23-39(42(33)45(61)62)57-15-9-10-16-57)30-70-49(67)37(27-55)34-21-52(5,6)24-40(43(34)46(63)64)58-17-11-12-18-58/h31H,7-24,28-30H2,1-6H3,(H,59,60)(H,61,62)(H,63,64)/b35-32+,36-33+,37-34+. The van der Waals surface area contributed by atoms with Gasteiger partial charge in [-0.05, 0) is 110 Å². The highest BCUT2D eigenvalue weighted by atomic mass is 16.6. The molecular weight excluding hydrogens is 901 g/mol. The largest absolute Gasteiger partial charge is 0.478 e. The number of carboxylic acid groups (broad SMARTS) is 3. The molecule has 3 aliphatic carbocycles. The third kappa shape index (κ3) is 11.8. The van der Waals surface area contributed by atoms with Crippen molar-refractivity contribution in [3.63, 3.8) is 0 Å². The van der Waals surface area contributed by atoms with Crippen LogP contribution in [0.1, 0.15) is 119 Å². The summed E-state index contributed by atoms with van der Waals surface area (Å²) in [6.07, 6.45) is 6.48. The Kier molecular flexibility index (Phi) is 16.1. The van der Waals surface area contributed by atoms with Crippen LogP contribution in [0.15, 0.2) is 67.2 Å². The van der Waals surface area contributed by atoms with Crippen LogP contribution in [0.2, 0.25) is 0 Å². The van der Waals surface area contributed by atoms with Crippen LogP contribution in [0, 0.1) is 56.2 Å². The number of allylic oxidation sites excluding steroid dienone is 3. The number of aliphatic carboxylic acids is 3. The zero-order chi connectivity index (χ0) is 51.3. The first-order chi connectivity index (χ1) is 33.0. The number of rotatable bonds is 15. The van der Waals surface area contributed by atoms with Crippen LogP contribution in [-0.4, -0.2) is 125 Å². The molecule has 6 rings (SSSR count). The minimum absolute atomic E-state index is 0.000111. The lowest BCUT2D eigenvalue weighted by molar-refractivity contribution is -0.148. The molecule has 0 unspecified atom stereocenters. The van der Waals surface area contributed by atoms with Gasteiger partial charge in [0.2, 0.25) is 0 Å². The van der Waals surface area contributed by atoms with Crippen molar-refractivity contribution in [2.75, 3.05) is 59.1 Å². The molecule has 0 amide bonds. The molecule has 18 nitrogen and oxygen atoms in total. The summed E-state index contributed by atoms with van der Waals surface area (Å²) in [6, 6.07) is 5.57. The summed E-state index contributed by atoms with van der Waals surface area (Å²) in [4.78, 5) is 86.6. The summed E-state index contributed by atoms with van der Waals surface area (Å²) in [7, 11) is 0. The first-order valence-electron chi connectivity index (χ1n) is 24.1. The predicted molar refractivity (Wildman–Crippen MR) is 250 cm³/mol. The van der Waals surface area contributed by atoms with Gasteiger partial charge in [0.05, 0.1) is 22.6 Å². The quantitative estimate of drug-likeness (QED) is 0.0688. The molecule has 18 heteroatoms. The van der Waals surface area contributed by atoms with Gasteiger partial charge in [-0.15, -0.1) is 0 Å². The second-order valence-corrected chi connectivity index (χ2v) is 21.6. The number of hydrogen-bond donors (Lipinski definition) is 3. The molecule has 0 aromatic carbocycles. The van der Waals surface area contributed by atoms with Gasteiger partial charge in [-0.1, -0.05) is 41.5 Å². The minimum Gasteiger partial charge on any atom is -0.478 e. The van der Waals surface area contributed by atoms with Crippen LogP contribution < -0.4 is 0 Å². The topological polar surface area (TPSA) is 272 Å². The van der Waals surface area contributed by atoms with Crippen molar-refractivity contribution >= 4 is 35.8 Å². The molecule has 374 valence electrons. The van der Waals surface area contributed by atoms with Crippen molar-refractivity contribution in [2.45, 2.75) is 119 Å². The molecule has 0 aromatic rings. The lowest BCUT2D eigenvalue weighted by Crippen LogP contribution is -2.34. The molecule has 6 aliphatic rings. The van der Waals surface area contributed by atoms with E-state index in [1.165, 1.54) is 0 Å². The Morgan fingerprint density at radius 1 is 0.457 bits per heavy atom. The Morgan fingerprint density at radius 3 is 0.886 bits per heavy atom. The number of esters is 3. The molecule has 3 aliphatic heterocycles. The fourth-order valence-electron chi connectivity index (χ4n) is 10.9. The van der Waals surface area contributed by atoms with Gasteiger partial charge in [-0.3, -0.25) is 0 Å². The van der Waals surface area contributed by atoms with Gasteiger partial charge in [-0.2, -0.15) is 15.8 Å². The van der Waals surface area contributed by atoms with Crippen LogP contribution >= 0.6 is 0 Å². The van der Waals surface area contributed by atoms with E-state index in [0.29, 0.717) is 75.6 Å². The van der Waals surface area contributed by atoms with Crippen molar-refractivity contribution in [3.8, 4) is 18.2 Å². The fourth-order valence-corrected chi connectivity index (χ4v) is 10.9. The summed E-state index contributed by atoms with van der Waals surface area (Å²) in [5.74, 6) is -8.74. The number of carbonyl (C=O) groups excluding carboxylic acids is 3. The van der Waals surface area contributed by atoms with Crippen molar-refractivity contribution < 1.29 is 58.3 Å². The van der Waals surface area contributed by atoms with Crippen molar-refractivity contribution in [3.05, 3.63) is 67.2 Å². The van der Waals surface area contributed by atoms with Gasteiger partial charge in [-0.25, -0.2) is 28.8 Å². The molecule has 0 bridgehead atoms. The lowest BCUT2D eigenvalue weighted by atomic mass is 9.72. The van der Waals surface area contributed by atoms with E-state index in [2.05, 4.69) is 0 Å². The Morgan fingerprint density at radius 2 is 0.686 bits per heavy atom. The average molecular weight is 965 g/mol. The summed E-state index contributed by atoms with van der Waals surface area (Å²) >= 11 is 0. The maximum absolute atomic E-state index is 14.0. The number of ether oxygens (including phenoxy) is 3. The average Bonchev–Trinajstić information content (AvgIpc) is 4.11. The zero-order valence-corrected chi connectivity index (χ0v) is 41.1. The zero-order valence-electron chi connectivity index (χ0n) is 41.1. The number of nitriles is 3. The van der Waals surface area contributed by atoms with Gasteiger partial charge >= 0.3 is 35.8 Å². The molecule has 0 saturated carbocycles. The predicted octanol–water partition coefficient (Wildman–Crippen LogP) is 6.46. The van der Waals surface area contributed by atoms with Gasteiger partial charge < -0.3 is 44.2 Å².